The molecule has 1 heterocycles. The number of nitriles is 1. The largest absolute Gasteiger partial charge is 0.378 e. The van der Waals surface area contributed by atoms with Crippen molar-refractivity contribution in [1.82, 2.24) is 10.2 Å². The fourth-order valence-corrected chi connectivity index (χ4v) is 4.64. The highest BCUT2D eigenvalue weighted by Crippen LogP contribution is 2.35. The average molecular weight is 368 g/mol. The minimum atomic E-state index is 0.290. The van der Waals surface area contributed by atoms with Gasteiger partial charge in [-0.3, -0.25) is 5.10 Å². The van der Waals surface area contributed by atoms with E-state index in [-0.39, 0.29) is 6.04 Å². The molecule has 0 saturated heterocycles. The summed E-state index contributed by atoms with van der Waals surface area (Å²) in [4.78, 5) is 0. The van der Waals surface area contributed by atoms with Crippen LogP contribution in [0.1, 0.15) is 67.0 Å². The van der Waals surface area contributed by atoms with Gasteiger partial charge in [-0.2, -0.15) is 10.4 Å². The van der Waals surface area contributed by atoms with Gasteiger partial charge in [0.05, 0.1) is 28.9 Å². The second-order valence-electron chi connectivity index (χ2n) is 7.92. The molecular formula is C24H24N4. The summed E-state index contributed by atoms with van der Waals surface area (Å²) in [7, 11) is 0. The molecule has 3 aromatic rings. The van der Waals surface area contributed by atoms with Gasteiger partial charge in [0.15, 0.2) is 0 Å². The quantitative estimate of drug-likeness (QED) is 0.606. The lowest BCUT2D eigenvalue weighted by molar-refractivity contribution is 0.600. The molecule has 0 radical (unpaired) electrons. The van der Waals surface area contributed by atoms with Gasteiger partial charge in [0.2, 0.25) is 0 Å². The summed E-state index contributed by atoms with van der Waals surface area (Å²) in [6.07, 6.45) is 10.5. The highest BCUT2D eigenvalue weighted by Gasteiger charge is 2.21. The molecule has 4 heteroatoms. The van der Waals surface area contributed by atoms with Crippen molar-refractivity contribution < 1.29 is 0 Å². The van der Waals surface area contributed by atoms with Crippen LogP contribution in [0.3, 0.4) is 0 Å². The first-order valence-corrected chi connectivity index (χ1v) is 10.3. The summed E-state index contributed by atoms with van der Waals surface area (Å²) in [5, 5.41) is 21.9. The van der Waals surface area contributed by atoms with Gasteiger partial charge >= 0.3 is 0 Å². The number of aryl methyl sites for hydroxylation is 1. The summed E-state index contributed by atoms with van der Waals surface area (Å²) in [6, 6.07) is 15.2. The van der Waals surface area contributed by atoms with Gasteiger partial charge in [0, 0.05) is 11.1 Å². The van der Waals surface area contributed by atoms with Crippen molar-refractivity contribution in [3.8, 4) is 6.07 Å². The monoisotopic (exact) mass is 368 g/mol. The van der Waals surface area contributed by atoms with Crippen molar-refractivity contribution in [2.24, 2.45) is 0 Å². The Labute approximate surface area is 165 Å². The van der Waals surface area contributed by atoms with E-state index in [4.69, 9.17) is 0 Å². The molecule has 5 rings (SSSR count). The summed E-state index contributed by atoms with van der Waals surface area (Å²) >= 11 is 0. The Balaban J connectivity index is 1.46. The molecule has 0 amide bonds. The molecule has 0 spiro atoms. The fraction of sp³-hybridized carbons (Fsp3) is 0.333. The van der Waals surface area contributed by atoms with Crippen molar-refractivity contribution in [2.45, 2.75) is 51.0 Å². The Morgan fingerprint density at radius 1 is 1.07 bits per heavy atom. The van der Waals surface area contributed by atoms with Gasteiger partial charge in [-0.25, -0.2) is 0 Å². The highest BCUT2D eigenvalue weighted by atomic mass is 15.1. The summed E-state index contributed by atoms with van der Waals surface area (Å²) < 4.78 is 0. The molecular weight excluding hydrogens is 344 g/mol. The standard InChI is InChI=1S/C24H24N4/c25-15-16-9-11-20-18(13-16)7-4-8-22(20)26-19-10-12-23-21(14-19)24(28-27-23)17-5-2-1-3-6-17/h5,9-14,22,26H,1-4,6-8H2,(H,27,28)/t22-/m0/s1. The number of nitrogens with zero attached hydrogens (tertiary/aromatic N) is 2. The van der Waals surface area contributed by atoms with Crippen LogP contribution in [0.25, 0.3) is 16.5 Å². The van der Waals surface area contributed by atoms with E-state index in [0.717, 1.165) is 54.6 Å². The van der Waals surface area contributed by atoms with E-state index in [9.17, 15) is 5.26 Å². The van der Waals surface area contributed by atoms with E-state index >= 15 is 0 Å². The predicted octanol–water partition coefficient (Wildman–Crippen LogP) is 5.88. The predicted molar refractivity (Wildman–Crippen MR) is 113 cm³/mol. The SMILES string of the molecule is N#Cc1ccc2c(c1)CCC[C@@H]2Nc1ccc2[nH]nc(C3=CCCCC3)c2c1. The molecule has 140 valence electrons. The molecule has 0 unspecified atom stereocenters. The normalized spacial score (nSPS) is 19.0. The van der Waals surface area contributed by atoms with Gasteiger partial charge in [-0.05, 0) is 92.0 Å². The number of hydrogen-bond acceptors (Lipinski definition) is 3. The number of anilines is 1. The first-order valence-electron chi connectivity index (χ1n) is 10.3. The Hall–Kier alpha value is -3.06. The highest BCUT2D eigenvalue weighted by molar-refractivity contribution is 5.92. The van der Waals surface area contributed by atoms with E-state index in [0.29, 0.717) is 0 Å². The number of nitrogens with one attached hydrogen (secondary N) is 2. The zero-order chi connectivity index (χ0) is 18.9. The maximum atomic E-state index is 9.17. The third kappa shape index (κ3) is 3.07. The summed E-state index contributed by atoms with van der Waals surface area (Å²) in [6.45, 7) is 0. The Bertz CT molecular complexity index is 1100. The third-order valence-electron chi connectivity index (χ3n) is 6.09. The molecule has 0 bridgehead atoms. The number of hydrogen-bond donors (Lipinski definition) is 2. The number of rotatable bonds is 3. The molecule has 0 saturated carbocycles. The molecule has 2 aliphatic rings. The zero-order valence-electron chi connectivity index (χ0n) is 16.0. The molecule has 0 fully saturated rings. The van der Waals surface area contributed by atoms with Crippen molar-refractivity contribution in [2.75, 3.05) is 5.32 Å². The first-order chi connectivity index (χ1) is 13.8. The number of allylic oxidation sites excluding steroid dienone is 2. The van der Waals surface area contributed by atoms with Gasteiger partial charge in [-0.1, -0.05) is 12.1 Å². The minimum Gasteiger partial charge on any atom is -0.378 e. The van der Waals surface area contributed by atoms with Crippen LogP contribution in [0, 0.1) is 11.3 Å². The van der Waals surface area contributed by atoms with Crippen molar-refractivity contribution >= 4 is 22.2 Å². The smallest absolute Gasteiger partial charge is 0.0991 e. The number of aromatic nitrogens is 2. The molecule has 1 aromatic heterocycles. The van der Waals surface area contributed by atoms with Crippen LogP contribution in [-0.2, 0) is 6.42 Å². The summed E-state index contributed by atoms with van der Waals surface area (Å²) in [5.41, 5.74) is 8.10. The minimum absolute atomic E-state index is 0.290. The van der Waals surface area contributed by atoms with Crippen LogP contribution in [-0.4, -0.2) is 10.2 Å². The average Bonchev–Trinajstić information content (AvgIpc) is 3.17. The second kappa shape index (κ2) is 7.16. The van der Waals surface area contributed by atoms with Crippen LogP contribution in [0.2, 0.25) is 0 Å². The van der Waals surface area contributed by atoms with E-state index in [1.54, 1.807) is 0 Å². The lowest BCUT2D eigenvalue weighted by Gasteiger charge is -2.27. The van der Waals surface area contributed by atoms with Crippen LogP contribution >= 0.6 is 0 Å². The Kier molecular flexibility index (Phi) is 4.37. The maximum Gasteiger partial charge on any atom is 0.0991 e. The van der Waals surface area contributed by atoms with Crippen molar-refractivity contribution in [3.05, 3.63) is 64.9 Å². The molecule has 2 aliphatic carbocycles. The first kappa shape index (κ1) is 17.1. The van der Waals surface area contributed by atoms with E-state index < -0.39 is 0 Å². The second-order valence-corrected chi connectivity index (χ2v) is 7.92. The lowest BCUT2D eigenvalue weighted by Crippen LogP contribution is -2.17. The van der Waals surface area contributed by atoms with Crippen molar-refractivity contribution in [1.29, 1.82) is 5.26 Å². The van der Waals surface area contributed by atoms with Gasteiger partial charge in [-0.15, -0.1) is 0 Å². The number of H-pyrrole nitrogens is 1. The van der Waals surface area contributed by atoms with Gasteiger partial charge in [0.25, 0.3) is 0 Å². The Morgan fingerprint density at radius 2 is 2.04 bits per heavy atom. The third-order valence-corrected chi connectivity index (χ3v) is 6.09. The van der Waals surface area contributed by atoms with E-state index in [1.807, 2.05) is 6.07 Å². The fourth-order valence-electron chi connectivity index (χ4n) is 4.64. The lowest BCUT2D eigenvalue weighted by atomic mass is 9.86. The number of benzene rings is 2. The molecule has 0 aliphatic heterocycles. The van der Waals surface area contributed by atoms with Crippen LogP contribution in [0.4, 0.5) is 5.69 Å². The maximum absolute atomic E-state index is 9.17. The molecule has 1 atom stereocenters. The summed E-state index contributed by atoms with van der Waals surface area (Å²) in [5.74, 6) is 0. The molecule has 28 heavy (non-hydrogen) atoms. The zero-order valence-corrected chi connectivity index (χ0v) is 16.0. The Morgan fingerprint density at radius 3 is 2.89 bits per heavy atom. The van der Waals surface area contributed by atoms with Crippen LogP contribution in [0.5, 0.6) is 0 Å². The van der Waals surface area contributed by atoms with E-state index in [2.05, 4.69) is 58.0 Å². The van der Waals surface area contributed by atoms with Crippen LogP contribution in [0.15, 0.2) is 42.5 Å². The number of fused-ring (bicyclic) bond motifs is 2. The van der Waals surface area contributed by atoms with Gasteiger partial charge in [0.1, 0.15) is 0 Å². The van der Waals surface area contributed by atoms with Crippen LogP contribution < -0.4 is 5.32 Å². The van der Waals surface area contributed by atoms with Crippen molar-refractivity contribution in [3.63, 3.8) is 0 Å². The molecule has 2 aromatic carbocycles. The van der Waals surface area contributed by atoms with E-state index in [1.165, 1.54) is 34.9 Å². The van der Waals surface area contributed by atoms with Gasteiger partial charge < -0.3 is 5.32 Å². The number of aromatic amines is 1. The topological polar surface area (TPSA) is 64.5 Å². The molecule has 4 nitrogen and oxygen atoms in total. The molecule has 2 N–H and O–H groups in total.